The van der Waals surface area contributed by atoms with Crippen LogP contribution >= 0.6 is 0 Å². The quantitative estimate of drug-likeness (QED) is 0.816. The molecule has 0 unspecified atom stereocenters. The molecule has 28 heavy (non-hydrogen) atoms. The van der Waals surface area contributed by atoms with E-state index in [-0.39, 0.29) is 41.2 Å². The minimum Gasteiger partial charge on any atom is -0.453 e. The number of benzene rings is 1. The highest BCUT2D eigenvalue weighted by Crippen LogP contribution is 2.38. The number of pyridine rings is 1. The molecule has 1 aromatic carbocycles. The Morgan fingerprint density at radius 3 is 2.50 bits per heavy atom. The van der Waals surface area contributed by atoms with Crippen LogP contribution < -0.4 is 20.1 Å². The summed E-state index contributed by atoms with van der Waals surface area (Å²) in [7, 11) is 0. The number of fused-ring (bicyclic) bond motifs is 1. The number of anilines is 2. The molecular formula is C20H21F2N3O3. The third-order valence-electron chi connectivity index (χ3n) is 5.08. The number of amides is 1. The molecule has 1 aliphatic heterocycles. The molecule has 0 bridgehead atoms. The number of nitrogens with zero attached hydrogens (tertiary/aromatic N) is 1. The molecule has 2 N–H and O–H groups in total. The summed E-state index contributed by atoms with van der Waals surface area (Å²) in [6.07, 6.45) is 5.10. The van der Waals surface area contributed by atoms with Gasteiger partial charge in [0.2, 0.25) is 6.79 Å². The lowest BCUT2D eigenvalue weighted by Crippen LogP contribution is -2.47. The van der Waals surface area contributed by atoms with E-state index in [0.717, 1.165) is 43.9 Å². The molecule has 0 atom stereocenters. The Bertz CT molecular complexity index is 894. The lowest BCUT2D eigenvalue weighted by molar-refractivity contribution is 0.0872. The van der Waals surface area contributed by atoms with Gasteiger partial charge < -0.3 is 20.1 Å². The monoisotopic (exact) mass is 389 g/mol. The summed E-state index contributed by atoms with van der Waals surface area (Å²) in [6.45, 7) is 2.01. The minimum atomic E-state index is -0.716. The first-order valence-electron chi connectivity index (χ1n) is 9.28. The van der Waals surface area contributed by atoms with Crippen LogP contribution in [0.15, 0.2) is 24.3 Å². The van der Waals surface area contributed by atoms with Crippen molar-refractivity contribution in [1.29, 1.82) is 0 Å². The van der Waals surface area contributed by atoms with Crippen LogP contribution in [-0.4, -0.2) is 23.2 Å². The van der Waals surface area contributed by atoms with E-state index in [1.807, 2.05) is 6.92 Å². The maximum atomic E-state index is 13.5. The highest BCUT2D eigenvalue weighted by Gasteiger charge is 2.32. The van der Waals surface area contributed by atoms with Gasteiger partial charge >= 0.3 is 0 Å². The van der Waals surface area contributed by atoms with Crippen LogP contribution in [0.25, 0.3) is 0 Å². The number of rotatable bonds is 4. The molecule has 0 spiro atoms. The topological polar surface area (TPSA) is 72.5 Å². The first kappa shape index (κ1) is 18.5. The van der Waals surface area contributed by atoms with Crippen molar-refractivity contribution < 1.29 is 23.0 Å². The Morgan fingerprint density at radius 2 is 1.79 bits per heavy atom. The largest absolute Gasteiger partial charge is 0.453 e. The number of hydrogen-bond donors (Lipinski definition) is 2. The summed E-state index contributed by atoms with van der Waals surface area (Å²) in [5.41, 5.74) is -0.0333. The van der Waals surface area contributed by atoms with Crippen molar-refractivity contribution in [1.82, 2.24) is 10.3 Å². The van der Waals surface area contributed by atoms with Gasteiger partial charge in [-0.05, 0) is 31.9 Å². The van der Waals surface area contributed by atoms with E-state index in [9.17, 15) is 13.6 Å². The highest BCUT2D eigenvalue weighted by atomic mass is 19.1. The van der Waals surface area contributed by atoms with Gasteiger partial charge in [-0.3, -0.25) is 4.79 Å². The summed E-state index contributed by atoms with van der Waals surface area (Å²) in [6, 6.07) is 4.59. The molecule has 2 heterocycles. The second-order valence-corrected chi connectivity index (χ2v) is 7.45. The smallest absolute Gasteiger partial charge is 0.274 e. The summed E-state index contributed by atoms with van der Waals surface area (Å²) >= 11 is 0. The van der Waals surface area contributed by atoms with Crippen molar-refractivity contribution in [3.05, 3.63) is 41.6 Å². The van der Waals surface area contributed by atoms with Gasteiger partial charge in [0.05, 0.1) is 0 Å². The highest BCUT2D eigenvalue weighted by molar-refractivity contribution is 5.97. The van der Waals surface area contributed by atoms with Gasteiger partial charge in [-0.1, -0.05) is 19.3 Å². The molecule has 1 fully saturated rings. The van der Waals surface area contributed by atoms with Crippen molar-refractivity contribution >= 4 is 17.4 Å². The average molecular weight is 389 g/mol. The van der Waals surface area contributed by atoms with E-state index in [2.05, 4.69) is 15.6 Å². The third-order valence-corrected chi connectivity index (χ3v) is 5.08. The fraction of sp³-hybridized carbons (Fsp3) is 0.400. The zero-order valence-corrected chi connectivity index (χ0v) is 15.5. The van der Waals surface area contributed by atoms with E-state index in [1.54, 1.807) is 0 Å². The van der Waals surface area contributed by atoms with Gasteiger partial charge in [-0.25, -0.2) is 13.8 Å². The number of carbonyl (C=O) groups is 1. The average Bonchev–Trinajstić information content (AvgIpc) is 3.08. The van der Waals surface area contributed by atoms with Crippen molar-refractivity contribution in [2.24, 2.45) is 0 Å². The fourth-order valence-corrected chi connectivity index (χ4v) is 3.69. The summed E-state index contributed by atoms with van der Waals surface area (Å²) in [5.74, 6) is -0.938. The molecule has 1 amide bonds. The van der Waals surface area contributed by atoms with Crippen LogP contribution in [0.2, 0.25) is 0 Å². The van der Waals surface area contributed by atoms with Gasteiger partial charge in [0, 0.05) is 23.4 Å². The maximum Gasteiger partial charge on any atom is 0.274 e. The van der Waals surface area contributed by atoms with Gasteiger partial charge in [0.15, 0.2) is 17.2 Å². The van der Waals surface area contributed by atoms with E-state index < -0.39 is 11.6 Å². The second kappa shape index (κ2) is 7.26. The molecule has 1 aliphatic carbocycles. The van der Waals surface area contributed by atoms with Gasteiger partial charge in [-0.15, -0.1) is 0 Å². The van der Waals surface area contributed by atoms with Gasteiger partial charge in [-0.2, -0.15) is 0 Å². The predicted octanol–water partition coefficient (Wildman–Crippen LogP) is 4.28. The lowest BCUT2D eigenvalue weighted by Gasteiger charge is -2.34. The molecule has 6 nitrogen and oxygen atoms in total. The Morgan fingerprint density at radius 1 is 1.07 bits per heavy atom. The van der Waals surface area contributed by atoms with Gasteiger partial charge in [0.1, 0.15) is 17.5 Å². The summed E-state index contributed by atoms with van der Waals surface area (Å²) in [4.78, 5) is 17.3. The number of hydrogen-bond acceptors (Lipinski definition) is 5. The number of aromatic nitrogens is 1. The van der Waals surface area contributed by atoms with E-state index in [4.69, 9.17) is 9.47 Å². The molecule has 0 saturated heterocycles. The van der Waals surface area contributed by atoms with Crippen LogP contribution in [0.1, 0.15) is 49.5 Å². The summed E-state index contributed by atoms with van der Waals surface area (Å²) in [5, 5.41) is 5.88. The third kappa shape index (κ3) is 3.85. The van der Waals surface area contributed by atoms with E-state index in [0.29, 0.717) is 5.75 Å². The van der Waals surface area contributed by atoms with Crippen LogP contribution in [0.3, 0.4) is 0 Å². The first-order chi connectivity index (χ1) is 13.4. The van der Waals surface area contributed by atoms with Crippen LogP contribution in [0, 0.1) is 11.6 Å². The molecule has 8 heteroatoms. The van der Waals surface area contributed by atoms with Crippen molar-refractivity contribution in [3.8, 4) is 11.5 Å². The molecule has 0 radical (unpaired) electrons. The van der Waals surface area contributed by atoms with Gasteiger partial charge in [0.25, 0.3) is 5.91 Å². The number of ether oxygens (including phenoxy) is 2. The first-order valence-corrected chi connectivity index (χ1v) is 9.28. The Labute approximate surface area is 161 Å². The van der Waals surface area contributed by atoms with Crippen LogP contribution in [0.5, 0.6) is 11.5 Å². The van der Waals surface area contributed by atoms with E-state index in [1.165, 1.54) is 12.5 Å². The van der Waals surface area contributed by atoms with Crippen molar-refractivity contribution in [2.45, 2.75) is 44.6 Å². The molecule has 148 valence electrons. The molecule has 2 aromatic rings. The number of carbonyl (C=O) groups excluding carboxylic acids is 1. The zero-order valence-electron chi connectivity index (χ0n) is 15.5. The lowest BCUT2D eigenvalue weighted by atomic mass is 9.83. The van der Waals surface area contributed by atoms with Crippen molar-refractivity contribution in [2.75, 3.05) is 12.1 Å². The fourth-order valence-electron chi connectivity index (χ4n) is 3.69. The normalized spacial score (nSPS) is 17.2. The Balaban J connectivity index is 1.62. The molecule has 2 aliphatic rings. The molecule has 4 rings (SSSR count). The minimum absolute atomic E-state index is 0.0212. The number of nitrogens with one attached hydrogen (secondary N) is 2. The standard InChI is InChI=1S/C20H21F2N3O3/c1-20(5-3-2-4-6-20)25-19(26)17-18-15(27-11-28-18)10-16(24-17)23-14-8-12(21)7-13(22)9-14/h7-10H,2-6,11H2,1H3,(H,23,24)(H,25,26). The van der Waals surface area contributed by atoms with Crippen LogP contribution in [0.4, 0.5) is 20.3 Å². The second-order valence-electron chi connectivity index (χ2n) is 7.45. The van der Waals surface area contributed by atoms with E-state index >= 15 is 0 Å². The number of halogens is 2. The Hall–Kier alpha value is -2.90. The molecule has 1 aromatic heterocycles. The summed E-state index contributed by atoms with van der Waals surface area (Å²) < 4.78 is 37.7. The Kier molecular flexibility index (Phi) is 4.78. The molecule has 1 saturated carbocycles. The molecular weight excluding hydrogens is 368 g/mol. The maximum absolute atomic E-state index is 13.5. The predicted molar refractivity (Wildman–Crippen MR) is 99.0 cm³/mol. The SMILES string of the molecule is CC1(NC(=O)c2nc(Nc3cc(F)cc(F)c3)cc3c2OCO3)CCCCC1. The zero-order chi connectivity index (χ0) is 19.7. The van der Waals surface area contributed by atoms with Crippen molar-refractivity contribution in [3.63, 3.8) is 0 Å². The van der Waals surface area contributed by atoms with Crippen LogP contribution in [-0.2, 0) is 0 Å².